The van der Waals surface area contributed by atoms with E-state index in [1.54, 1.807) is 0 Å². The van der Waals surface area contributed by atoms with E-state index in [2.05, 4.69) is 24.0 Å². The van der Waals surface area contributed by atoms with Crippen molar-refractivity contribution in [3.05, 3.63) is 35.9 Å². The summed E-state index contributed by atoms with van der Waals surface area (Å²) in [6.07, 6.45) is 4.46. The van der Waals surface area contributed by atoms with Crippen LogP contribution in [0.25, 0.3) is 0 Å². The maximum absolute atomic E-state index is 11.8. The van der Waals surface area contributed by atoms with Gasteiger partial charge in [0.25, 0.3) is 0 Å². The summed E-state index contributed by atoms with van der Waals surface area (Å²) in [6.45, 7) is 3.11. The number of hydrogen-bond acceptors (Lipinski definition) is 2. The highest BCUT2D eigenvalue weighted by Crippen LogP contribution is 2.45. The molecule has 1 N–H and O–H groups in total. The number of carbonyl (C=O) groups is 1. The van der Waals surface area contributed by atoms with Gasteiger partial charge >= 0.3 is 5.97 Å². The summed E-state index contributed by atoms with van der Waals surface area (Å²) in [5, 5.41) is 9.68. The van der Waals surface area contributed by atoms with E-state index < -0.39 is 5.97 Å². The monoisotopic (exact) mass is 273 g/mol. The van der Waals surface area contributed by atoms with Crippen molar-refractivity contribution >= 4 is 5.97 Å². The molecule has 3 heteroatoms. The summed E-state index contributed by atoms with van der Waals surface area (Å²) >= 11 is 0. The third-order valence-electron chi connectivity index (χ3n) is 5.15. The molecule has 1 saturated heterocycles. The van der Waals surface area contributed by atoms with Crippen LogP contribution < -0.4 is 0 Å². The second-order valence-corrected chi connectivity index (χ2v) is 6.17. The Morgan fingerprint density at radius 1 is 1.35 bits per heavy atom. The summed E-state index contributed by atoms with van der Waals surface area (Å²) < 4.78 is 0. The van der Waals surface area contributed by atoms with Crippen LogP contribution in [0.15, 0.2) is 30.3 Å². The number of fused-ring (bicyclic) bond motifs is 1. The number of benzene rings is 1. The predicted molar refractivity (Wildman–Crippen MR) is 78.4 cm³/mol. The summed E-state index contributed by atoms with van der Waals surface area (Å²) in [7, 11) is 0. The molecule has 108 valence electrons. The highest BCUT2D eigenvalue weighted by molar-refractivity contribution is 5.74. The van der Waals surface area contributed by atoms with Crippen molar-refractivity contribution in [3.63, 3.8) is 0 Å². The van der Waals surface area contributed by atoms with Gasteiger partial charge in [-0.3, -0.25) is 9.69 Å². The van der Waals surface area contributed by atoms with E-state index in [1.165, 1.54) is 18.4 Å². The number of carboxylic acid groups (broad SMARTS) is 1. The first-order valence-corrected chi connectivity index (χ1v) is 7.76. The Kier molecular flexibility index (Phi) is 3.79. The van der Waals surface area contributed by atoms with Gasteiger partial charge in [-0.2, -0.15) is 0 Å². The Bertz CT molecular complexity index is 473. The van der Waals surface area contributed by atoms with Gasteiger partial charge < -0.3 is 5.11 Å². The van der Waals surface area contributed by atoms with Crippen LogP contribution in [0.3, 0.4) is 0 Å². The topological polar surface area (TPSA) is 40.5 Å². The van der Waals surface area contributed by atoms with Crippen molar-refractivity contribution in [1.82, 2.24) is 4.90 Å². The van der Waals surface area contributed by atoms with Gasteiger partial charge in [-0.05, 0) is 36.7 Å². The molecule has 1 aliphatic carbocycles. The lowest BCUT2D eigenvalue weighted by atomic mass is 9.93. The van der Waals surface area contributed by atoms with Crippen LogP contribution >= 0.6 is 0 Å². The maximum atomic E-state index is 11.8. The first-order valence-electron chi connectivity index (χ1n) is 7.76. The first-order chi connectivity index (χ1) is 9.72. The molecular weight excluding hydrogens is 250 g/mol. The first kappa shape index (κ1) is 13.6. The summed E-state index contributed by atoms with van der Waals surface area (Å²) in [5.74, 6) is 0.327. The van der Waals surface area contributed by atoms with Crippen LogP contribution in [0.2, 0.25) is 0 Å². The van der Waals surface area contributed by atoms with Crippen molar-refractivity contribution in [3.8, 4) is 0 Å². The fourth-order valence-corrected chi connectivity index (χ4v) is 4.32. The molecule has 2 fully saturated rings. The lowest BCUT2D eigenvalue weighted by molar-refractivity contribution is -0.144. The SMILES string of the molecule is CCC(c1ccccc1)N1CC2CCCC2C1C(=O)O. The normalized spacial score (nSPS) is 31.1. The minimum atomic E-state index is -0.631. The second-order valence-electron chi connectivity index (χ2n) is 6.17. The predicted octanol–water partition coefficient (Wildman–Crippen LogP) is 3.32. The van der Waals surface area contributed by atoms with E-state index in [0.717, 1.165) is 19.4 Å². The molecule has 2 aliphatic rings. The average molecular weight is 273 g/mol. The number of carboxylic acids is 1. The van der Waals surface area contributed by atoms with Gasteiger partial charge in [-0.15, -0.1) is 0 Å². The van der Waals surface area contributed by atoms with E-state index in [0.29, 0.717) is 11.8 Å². The van der Waals surface area contributed by atoms with Gasteiger partial charge in [0, 0.05) is 12.6 Å². The van der Waals surface area contributed by atoms with Gasteiger partial charge in [-0.25, -0.2) is 0 Å². The quantitative estimate of drug-likeness (QED) is 0.915. The molecule has 1 saturated carbocycles. The van der Waals surface area contributed by atoms with Gasteiger partial charge in [-0.1, -0.05) is 43.7 Å². The van der Waals surface area contributed by atoms with Gasteiger partial charge in [0.05, 0.1) is 0 Å². The molecule has 0 bridgehead atoms. The number of rotatable bonds is 4. The fraction of sp³-hybridized carbons (Fsp3) is 0.588. The smallest absolute Gasteiger partial charge is 0.321 e. The summed E-state index contributed by atoms with van der Waals surface area (Å²) in [6, 6.07) is 10.3. The molecule has 4 atom stereocenters. The molecule has 20 heavy (non-hydrogen) atoms. The van der Waals surface area contributed by atoms with E-state index in [-0.39, 0.29) is 12.1 Å². The molecule has 3 rings (SSSR count). The Balaban J connectivity index is 1.89. The summed E-state index contributed by atoms with van der Waals surface area (Å²) in [5.41, 5.74) is 1.25. The zero-order valence-electron chi connectivity index (χ0n) is 12.0. The zero-order valence-corrected chi connectivity index (χ0v) is 12.0. The molecule has 1 heterocycles. The van der Waals surface area contributed by atoms with Crippen LogP contribution in [0.1, 0.15) is 44.2 Å². The molecule has 0 amide bonds. The standard InChI is InChI=1S/C17H23NO2/c1-2-15(12-7-4-3-5-8-12)18-11-13-9-6-10-14(13)16(18)17(19)20/h3-5,7-8,13-16H,2,6,9-11H2,1H3,(H,19,20). The Hall–Kier alpha value is -1.35. The molecule has 1 aromatic carbocycles. The van der Waals surface area contributed by atoms with Crippen LogP contribution in [0.5, 0.6) is 0 Å². The number of hydrogen-bond donors (Lipinski definition) is 1. The Morgan fingerprint density at radius 2 is 2.10 bits per heavy atom. The minimum absolute atomic E-state index is 0.239. The van der Waals surface area contributed by atoms with Gasteiger partial charge in [0.2, 0.25) is 0 Å². The largest absolute Gasteiger partial charge is 0.480 e. The maximum Gasteiger partial charge on any atom is 0.321 e. The van der Waals surface area contributed by atoms with E-state index in [9.17, 15) is 9.90 Å². The van der Waals surface area contributed by atoms with Gasteiger partial charge in [0.1, 0.15) is 6.04 Å². The second kappa shape index (κ2) is 5.57. The van der Waals surface area contributed by atoms with Crippen LogP contribution in [-0.2, 0) is 4.79 Å². The average Bonchev–Trinajstić information content (AvgIpc) is 3.01. The molecule has 4 unspecified atom stereocenters. The summed E-state index contributed by atoms with van der Waals surface area (Å²) in [4.78, 5) is 14.0. The number of nitrogens with zero attached hydrogens (tertiary/aromatic N) is 1. The van der Waals surface area contributed by atoms with E-state index >= 15 is 0 Å². The molecule has 3 nitrogen and oxygen atoms in total. The molecule has 0 radical (unpaired) electrons. The van der Waals surface area contributed by atoms with E-state index in [1.807, 2.05) is 18.2 Å². The van der Waals surface area contributed by atoms with Crippen molar-refractivity contribution in [1.29, 1.82) is 0 Å². The molecule has 1 aromatic rings. The fourth-order valence-electron chi connectivity index (χ4n) is 4.32. The lowest BCUT2D eigenvalue weighted by Gasteiger charge is -2.32. The Labute approximate surface area is 120 Å². The van der Waals surface area contributed by atoms with Crippen molar-refractivity contribution in [2.45, 2.75) is 44.7 Å². The molecule has 0 aromatic heterocycles. The lowest BCUT2D eigenvalue weighted by Crippen LogP contribution is -2.41. The number of likely N-dealkylation sites (tertiary alicyclic amines) is 1. The third-order valence-corrected chi connectivity index (χ3v) is 5.15. The van der Waals surface area contributed by atoms with Crippen LogP contribution in [0, 0.1) is 11.8 Å². The van der Waals surface area contributed by atoms with Crippen LogP contribution in [0.4, 0.5) is 0 Å². The van der Waals surface area contributed by atoms with Crippen molar-refractivity contribution in [2.75, 3.05) is 6.54 Å². The highest BCUT2D eigenvalue weighted by atomic mass is 16.4. The van der Waals surface area contributed by atoms with E-state index in [4.69, 9.17) is 0 Å². The van der Waals surface area contributed by atoms with Crippen molar-refractivity contribution in [2.24, 2.45) is 11.8 Å². The Morgan fingerprint density at radius 3 is 2.75 bits per heavy atom. The molecule has 0 spiro atoms. The zero-order chi connectivity index (χ0) is 14.1. The van der Waals surface area contributed by atoms with Crippen LogP contribution in [-0.4, -0.2) is 28.6 Å². The van der Waals surface area contributed by atoms with Gasteiger partial charge in [0.15, 0.2) is 0 Å². The van der Waals surface area contributed by atoms with Crippen molar-refractivity contribution < 1.29 is 9.90 Å². The third kappa shape index (κ3) is 2.24. The highest BCUT2D eigenvalue weighted by Gasteiger charge is 2.49. The minimum Gasteiger partial charge on any atom is -0.480 e. The molecular formula is C17H23NO2. The number of aliphatic carboxylic acids is 1. The molecule has 1 aliphatic heterocycles.